The van der Waals surface area contributed by atoms with E-state index in [-0.39, 0.29) is 5.56 Å². The maximum absolute atomic E-state index is 11.0. The molecule has 2 rings (SSSR count). The van der Waals surface area contributed by atoms with Crippen LogP contribution in [-0.2, 0) is 0 Å². The summed E-state index contributed by atoms with van der Waals surface area (Å²) >= 11 is 0. The monoisotopic (exact) mass is 247 g/mol. The first-order chi connectivity index (χ1) is 8.77. The minimum atomic E-state index is -0.942. The van der Waals surface area contributed by atoms with Crippen LogP contribution in [0.5, 0.6) is 0 Å². The van der Waals surface area contributed by atoms with Crippen LogP contribution in [0.3, 0.4) is 0 Å². The minimum absolute atomic E-state index is 0.249. The molecule has 1 aliphatic rings. The quantitative estimate of drug-likeness (QED) is 0.716. The molecule has 0 fully saturated rings. The molecule has 0 unspecified atom stereocenters. The Bertz CT molecular complexity index is 457. The molecule has 0 amide bonds. The van der Waals surface area contributed by atoms with Crippen molar-refractivity contribution in [1.82, 2.24) is 5.43 Å². The molecule has 0 aromatic heterocycles. The number of para-hydroxylation sites is 1. The Balaban J connectivity index is 2.01. The topological polar surface area (TPSA) is 73.7 Å². The molecule has 96 valence electrons. The van der Waals surface area contributed by atoms with Gasteiger partial charge in [-0.15, -0.1) is 0 Å². The van der Waals surface area contributed by atoms with E-state index in [0.717, 1.165) is 31.6 Å². The molecule has 1 heterocycles. The number of aromatic carboxylic acids is 1. The van der Waals surface area contributed by atoms with Crippen LogP contribution in [0.1, 0.15) is 36.0 Å². The summed E-state index contributed by atoms with van der Waals surface area (Å²) in [6, 6.07) is 6.80. The van der Waals surface area contributed by atoms with Crippen LogP contribution in [0.4, 0.5) is 5.69 Å². The first-order valence-corrected chi connectivity index (χ1v) is 6.15. The number of hydrogen-bond donors (Lipinski definition) is 3. The second-order valence-electron chi connectivity index (χ2n) is 4.24. The number of anilines is 1. The standard InChI is InChI=1S/C13H17N3O2/c17-13(18)10-6-3-4-7-11(10)15-16-12-8-2-1-5-9-14-12/h3-4,6-7,15H,1-2,5,8-9H2,(H,14,16)(H,17,18). The van der Waals surface area contributed by atoms with Crippen LogP contribution < -0.4 is 10.9 Å². The Labute approximate surface area is 106 Å². The van der Waals surface area contributed by atoms with Crippen molar-refractivity contribution in [3.63, 3.8) is 0 Å². The van der Waals surface area contributed by atoms with Crippen molar-refractivity contribution in [2.24, 2.45) is 4.99 Å². The number of nitrogens with zero attached hydrogens (tertiary/aromatic N) is 1. The average molecular weight is 247 g/mol. The van der Waals surface area contributed by atoms with Gasteiger partial charge in [-0.25, -0.2) is 4.79 Å². The van der Waals surface area contributed by atoms with Crippen LogP contribution in [0, 0.1) is 0 Å². The third kappa shape index (κ3) is 3.23. The maximum atomic E-state index is 11.0. The van der Waals surface area contributed by atoms with Crippen LogP contribution in [0.25, 0.3) is 0 Å². The van der Waals surface area contributed by atoms with Gasteiger partial charge >= 0.3 is 5.97 Å². The molecule has 1 aromatic rings. The highest BCUT2D eigenvalue weighted by Crippen LogP contribution is 2.14. The Morgan fingerprint density at radius 1 is 1.17 bits per heavy atom. The van der Waals surface area contributed by atoms with E-state index < -0.39 is 5.97 Å². The minimum Gasteiger partial charge on any atom is -0.478 e. The predicted molar refractivity (Wildman–Crippen MR) is 70.9 cm³/mol. The zero-order valence-corrected chi connectivity index (χ0v) is 10.1. The molecule has 1 aromatic carbocycles. The molecule has 5 nitrogen and oxygen atoms in total. The van der Waals surface area contributed by atoms with Gasteiger partial charge in [0.2, 0.25) is 0 Å². The molecule has 0 saturated heterocycles. The Hall–Kier alpha value is -2.04. The Morgan fingerprint density at radius 2 is 2.00 bits per heavy atom. The number of nitrogens with one attached hydrogen (secondary N) is 2. The van der Waals surface area contributed by atoms with E-state index in [1.54, 1.807) is 24.3 Å². The summed E-state index contributed by atoms with van der Waals surface area (Å²) in [5.41, 5.74) is 6.74. The predicted octanol–water partition coefficient (Wildman–Crippen LogP) is 2.27. The lowest BCUT2D eigenvalue weighted by molar-refractivity contribution is 0.0698. The average Bonchev–Trinajstić information content (AvgIpc) is 2.65. The number of hydrazine groups is 1. The van der Waals surface area contributed by atoms with Crippen molar-refractivity contribution in [3.8, 4) is 0 Å². The van der Waals surface area contributed by atoms with E-state index in [9.17, 15) is 4.79 Å². The first kappa shape index (κ1) is 12.4. The van der Waals surface area contributed by atoms with E-state index in [1.807, 2.05) is 0 Å². The normalized spacial score (nSPS) is 15.4. The smallest absolute Gasteiger partial charge is 0.337 e. The van der Waals surface area contributed by atoms with Crippen LogP contribution in [0.2, 0.25) is 0 Å². The highest BCUT2D eigenvalue weighted by Gasteiger charge is 2.09. The van der Waals surface area contributed by atoms with E-state index in [1.165, 1.54) is 6.42 Å². The zero-order chi connectivity index (χ0) is 12.8. The molecule has 5 heteroatoms. The number of carbonyl (C=O) groups is 1. The van der Waals surface area contributed by atoms with Crippen molar-refractivity contribution in [1.29, 1.82) is 0 Å². The molecule has 0 aliphatic carbocycles. The number of carboxylic acid groups (broad SMARTS) is 1. The zero-order valence-electron chi connectivity index (χ0n) is 10.1. The van der Waals surface area contributed by atoms with Gasteiger partial charge in [-0.2, -0.15) is 0 Å². The van der Waals surface area contributed by atoms with E-state index in [4.69, 9.17) is 5.11 Å². The summed E-state index contributed by atoms with van der Waals surface area (Å²) in [6.07, 6.45) is 4.34. The number of benzene rings is 1. The summed E-state index contributed by atoms with van der Waals surface area (Å²) in [5.74, 6) is -0.0459. The SMILES string of the molecule is O=C(O)c1ccccc1NNC1=NCCCCC1. The van der Waals surface area contributed by atoms with Gasteiger partial charge in [0.15, 0.2) is 0 Å². The largest absolute Gasteiger partial charge is 0.478 e. The summed E-state index contributed by atoms with van der Waals surface area (Å²) in [6.45, 7) is 0.838. The Morgan fingerprint density at radius 3 is 2.83 bits per heavy atom. The van der Waals surface area contributed by atoms with Gasteiger partial charge in [0.05, 0.1) is 11.3 Å². The lowest BCUT2D eigenvalue weighted by atomic mass is 10.2. The second kappa shape index (κ2) is 6.05. The lowest BCUT2D eigenvalue weighted by Crippen LogP contribution is -2.30. The molecular weight excluding hydrogens is 230 g/mol. The number of carboxylic acids is 1. The van der Waals surface area contributed by atoms with Gasteiger partial charge in [-0.1, -0.05) is 18.6 Å². The van der Waals surface area contributed by atoms with E-state index in [0.29, 0.717) is 5.69 Å². The molecule has 1 aliphatic heterocycles. The van der Waals surface area contributed by atoms with Gasteiger partial charge in [-0.3, -0.25) is 15.8 Å². The van der Waals surface area contributed by atoms with Crippen molar-refractivity contribution in [2.75, 3.05) is 12.0 Å². The molecule has 18 heavy (non-hydrogen) atoms. The highest BCUT2D eigenvalue weighted by molar-refractivity contribution is 5.94. The highest BCUT2D eigenvalue weighted by atomic mass is 16.4. The van der Waals surface area contributed by atoms with Crippen LogP contribution in [0.15, 0.2) is 29.3 Å². The third-order valence-electron chi connectivity index (χ3n) is 2.87. The molecule has 0 radical (unpaired) electrons. The maximum Gasteiger partial charge on any atom is 0.337 e. The van der Waals surface area contributed by atoms with E-state index in [2.05, 4.69) is 15.8 Å². The lowest BCUT2D eigenvalue weighted by Gasteiger charge is -2.12. The summed E-state index contributed by atoms with van der Waals surface area (Å²) < 4.78 is 0. The van der Waals surface area contributed by atoms with Crippen molar-refractivity contribution < 1.29 is 9.90 Å². The van der Waals surface area contributed by atoms with Crippen LogP contribution >= 0.6 is 0 Å². The van der Waals surface area contributed by atoms with Crippen LogP contribution in [-0.4, -0.2) is 23.5 Å². The van der Waals surface area contributed by atoms with Crippen molar-refractivity contribution >= 4 is 17.5 Å². The fraction of sp³-hybridized carbons (Fsp3) is 0.385. The van der Waals surface area contributed by atoms with E-state index >= 15 is 0 Å². The summed E-state index contributed by atoms with van der Waals surface area (Å²) in [7, 11) is 0. The fourth-order valence-electron chi connectivity index (χ4n) is 1.89. The number of rotatable bonds is 3. The molecule has 0 saturated carbocycles. The van der Waals surface area contributed by atoms with Gasteiger partial charge in [0.25, 0.3) is 0 Å². The second-order valence-corrected chi connectivity index (χ2v) is 4.24. The van der Waals surface area contributed by atoms with Crippen molar-refractivity contribution in [2.45, 2.75) is 25.7 Å². The molecule has 0 bridgehead atoms. The molecular formula is C13H17N3O2. The van der Waals surface area contributed by atoms with Gasteiger partial charge in [0.1, 0.15) is 5.84 Å². The first-order valence-electron chi connectivity index (χ1n) is 6.15. The molecule has 0 atom stereocenters. The molecule has 0 spiro atoms. The summed E-state index contributed by atoms with van der Waals surface area (Å²) in [4.78, 5) is 15.4. The fourth-order valence-corrected chi connectivity index (χ4v) is 1.89. The summed E-state index contributed by atoms with van der Waals surface area (Å²) in [5, 5.41) is 9.05. The third-order valence-corrected chi connectivity index (χ3v) is 2.87. The van der Waals surface area contributed by atoms with Gasteiger partial charge < -0.3 is 5.11 Å². The van der Waals surface area contributed by atoms with Gasteiger partial charge in [0, 0.05) is 13.0 Å². The van der Waals surface area contributed by atoms with Crippen molar-refractivity contribution in [3.05, 3.63) is 29.8 Å². The number of amidine groups is 1. The number of aliphatic imine (C=N–C) groups is 1. The van der Waals surface area contributed by atoms with Gasteiger partial charge in [-0.05, 0) is 25.0 Å². The number of hydrogen-bond acceptors (Lipinski definition) is 4. The molecule has 3 N–H and O–H groups in total. The Kier molecular flexibility index (Phi) is 4.17.